The first-order chi connectivity index (χ1) is 10.2. The fourth-order valence-electron chi connectivity index (χ4n) is 2.16. The van der Waals surface area contributed by atoms with Gasteiger partial charge in [0.2, 0.25) is 0 Å². The summed E-state index contributed by atoms with van der Waals surface area (Å²) in [5.41, 5.74) is 8.22. The van der Waals surface area contributed by atoms with Crippen LogP contribution in [0, 0.1) is 5.82 Å². The van der Waals surface area contributed by atoms with Crippen LogP contribution in [0.3, 0.4) is 0 Å². The SMILES string of the molecule is NC(CSc1ccccc1F)c1ccc2ncccc2c1. The topological polar surface area (TPSA) is 38.9 Å². The Kier molecular flexibility index (Phi) is 4.18. The van der Waals surface area contributed by atoms with Crippen molar-refractivity contribution in [1.82, 2.24) is 4.98 Å². The third kappa shape index (κ3) is 3.23. The van der Waals surface area contributed by atoms with Gasteiger partial charge in [0.15, 0.2) is 0 Å². The Labute approximate surface area is 127 Å². The van der Waals surface area contributed by atoms with E-state index < -0.39 is 0 Å². The molecule has 106 valence electrons. The normalized spacial score (nSPS) is 12.5. The fourth-order valence-corrected chi connectivity index (χ4v) is 3.09. The zero-order valence-electron chi connectivity index (χ0n) is 11.4. The number of nitrogens with two attached hydrogens (primary N) is 1. The summed E-state index contributed by atoms with van der Waals surface area (Å²) in [7, 11) is 0. The number of pyridine rings is 1. The Hall–Kier alpha value is -1.91. The van der Waals surface area contributed by atoms with Crippen LogP contribution in [0.4, 0.5) is 4.39 Å². The van der Waals surface area contributed by atoms with Crippen molar-refractivity contribution in [2.75, 3.05) is 5.75 Å². The minimum Gasteiger partial charge on any atom is -0.323 e. The van der Waals surface area contributed by atoms with Crippen LogP contribution in [-0.2, 0) is 0 Å². The van der Waals surface area contributed by atoms with Crippen molar-refractivity contribution in [1.29, 1.82) is 0 Å². The number of nitrogens with zero attached hydrogens (tertiary/aromatic N) is 1. The molecule has 1 unspecified atom stereocenters. The van der Waals surface area contributed by atoms with Crippen molar-refractivity contribution in [2.45, 2.75) is 10.9 Å². The Morgan fingerprint density at radius 2 is 1.95 bits per heavy atom. The van der Waals surface area contributed by atoms with E-state index >= 15 is 0 Å². The Balaban J connectivity index is 1.75. The molecule has 0 amide bonds. The molecular weight excluding hydrogens is 283 g/mol. The zero-order chi connectivity index (χ0) is 14.7. The third-order valence-electron chi connectivity index (χ3n) is 3.31. The van der Waals surface area contributed by atoms with Gasteiger partial charge < -0.3 is 5.73 Å². The summed E-state index contributed by atoms with van der Waals surface area (Å²) >= 11 is 1.44. The molecule has 1 atom stereocenters. The molecule has 3 rings (SSSR count). The van der Waals surface area contributed by atoms with E-state index in [4.69, 9.17) is 5.73 Å². The van der Waals surface area contributed by atoms with Gasteiger partial charge in [-0.25, -0.2) is 4.39 Å². The molecule has 0 radical (unpaired) electrons. The zero-order valence-corrected chi connectivity index (χ0v) is 12.2. The molecule has 0 saturated heterocycles. The van der Waals surface area contributed by atoms with Crippen LogP contribution in [0.2, 0.25) is 0 Å². The van der Waals surface area contributed by atoms with Crippen molar-refractivity contribution in [3.8, 4) is 0 Å². The first-order valence-corrected chi connectivity index (χ1v) is 7.70. The quantitative estimate of drug-likeness (QED) is 0.735. The highest BCUT2D eigenvalue weighted by molar-refractivity contribution is 7.99. The first kappa shape index (κ1) is 14.0. The molecule has 0 aliphatic heterocycles. The highest BCUT2D eigenvalue weighted by atomic mass is 32.2. The van der Waals surface area contributed by atoms with Gasteiger partial charge in [-0.1, -0.05) is 24.3 Å². The van der Waals surface area contributed by atoms with Gasteiger partial charge in [-0.05, 0) is 35.9 Å². The summed E-state index contributed by atoms with van der Waals surface area (Å²) in [6, 6.07) is 16.6. The molecule has 2 nitrogen and oxygen atoms in total. The molecule has 21 heavy (non-hydrogen) atoms. The summed E-state index contributed by atoms with van der Waals surface area (Å²) in [6.07, 6.45) is 1.77. The first-order valence-electron chi connectivity index (χ1n) is 6.71. The monoisotopic (exact) mass is 298 g/mol. The maximum atomic E-state index is 13.6. The molecule has 0 spiro atoms. The molecule has 1 heterocycles. The fraction of sp³-hybridized carbons (Fsp3) is 0.118. The number of aromatic nitrogens is 1. The Morgan fingerprint density at radius 3 is 2.81 bits per heavy atom. The molecule has 1 aromatic heterocycles. The van der Waals surface area contributed by atoms with E-state index in [1.807, 2.05) is 30.3 Å². The smallest absolute Gasteiger partial charge is 0.136 e. The highest BCUT2D eigenvalue weighted by Crippen LogP contribution is 2.26. The standard InChI is InChI=1S/C17H15FN2S/c18-14-5-1-2-6-17(14)21-11-15(19)12-7-8-16-13(10-12)4-3-9-20-16/h1-10,15H,11,19H2. The second-order valence-electron chi connectivity index (χ2n) is 4.80. The van der Waals surface area contributed by atoms with Crippen molar-refractivity contribution in [2.24, 2.45) is 5.73 Å². The van der Waals surface area contributed by atoms with Crippen LogP contribution >= 0.6 is 11.8 Å². The minimum absolute atomic E-state index is 0.140. The van der Waals surface area contributed by atoms with E-state index in [2.05, 4.69) is 11.1 Å². The van der Waals surface area contributed by atoms with Gasteiger partial charge in [-0.15, -0.1) is 11.8 Å². The third-order valence-corrected chi connectivity index (χ3v) is 4.48. The molecule has 2 aromatic carbocycles. The molecular formula is C17H15FN2S. The van der Waals surface area contributed by atoms with Gasteiger partial charge in [0.1, 0.15) is 5.82 Å². The minimum atomic E-state index is -0.197. The number of hydrogen-bond acceptors (Lipinski definition) is 3. The summed E-state index contributed by atoms with van der Waals surface area (Å²) in [6.45, 7) is 0. The maximum Gasteiger partial charge on any atom is 0.136 e. The lowest BCUT2D eigenvalue weighted by atomic mass is 10.1. The van der Waals surface area contributed by atoms with Crippen LogP contribution in [0.5, 0.6) is 0 Å². The van der Waals surface area contributed by atoms with Crippen molar-refractivity contribution in [3.05, 3.63) is 72.2 Å². The second-order valence-corrected chi connectivity index (χ2v) is 5.87. The van der Waals surface area contributed by atoms with E-state index in [9.17, 15) is 4.39 Å². The van der Waals surface area contributed by atoms with E-state index in [0.29, 0.717) is 10.6 Å². The lowest BCUT2D eigenvalue weighted by Crippen LogP contribution is -2.13. The molecule has 2 N–H and O–H groups in total. The number of hydrogen-bond donors (Lipinski definition) is 1. The number of thioether (sulfide) groups is 1. The number of rotatable bonds is 4. The van der Waals surface area contributed by atoms with Crippen molar-refractivity contribution < 1.29 is 4.39 Å². The van der Waals surface area contributed by atoms with Gasteiger partial charge >= 0.3 is 0 Å². The van der Waals surface area contributed by atoms with E-state index in [-0.39, 0.29) is 11.9 Å². The molecule has 0 aliphatic carbocycles. The Bertz CT molecular complexity index is 760. The molecule has 4 heteroatoms. The molecule has 0 bridgehead atoms. The van der Waals surface area contributed by atoms with Gasteiger partial charge in [0.25, 0.3) is 0 Å². The van der Waals surface area contributed by atoms with Gasteiger partial charge in [0.05, 0.1) is 5.52 Å². The number of fused-ring (bicyclic) bond motifs is 1. The predicted molar refractivity (Wildman–Crippen MR) is 85.8 cm³/mol. The Morgan fingerprint density at radius 1 is 1.10 bits per heavy atom. The molecule has 0 fully saturated rings. The van der Waals surface area contributed by atoms with Crippen molar-refractivity contribution in [3.63, 3.8) is 0 Å². The molecule has 3 aromatic rings. The van der Waals surface area contributed by atoms with E-state index in [0.717, 1.165) is 16.5 Å². The van der Waals surface area contributed by atoms with Gasteiger partial charge in [-0.3, -0.25) is 4.98 Å². The maximum absolute atomic E-state index is 13.6. The summed E-state index contributed by atoms with van der Waals surface area (Å²) in [5, 5.41) is 1.07. The van der Waals surface area contributed by atoms with Crippen LogP contribution in [0.25, 0.3) is 10.9 Å². The van der Waals surface area contributed by atoms with E-state index in [1.54, 1.807) is 18.3 Å². The summed E-state index contributed by atoms with van der Waals surface area (Å²) in [5.74, 6) is 0.435. The summed E-state index contributed by atoms with van der Waals surface area (Å²) in [4.78, 5) is 4.93. The number of benzene rings is 2. The largest absolute Gasteiger partial charge is 0.323 e. The average Bonchev–Trinajstić information content (AvgIpc) is 2.53. The lowest BCUT2D eigenvalue weighted by molar-refractivity contribution is 0.602. The van der Waals surface area contributed by atoms with E-state index in [1.165, 1.54) is 17.8 Å². The summed E-state index contributed by atoms with van der Waals surface area (Å²) < 4.78 is 13.6. The molecule has 0 aliphatic rings. The van der Waals surface area contributed by atoms with Crippen LogP contribution < -0.4 is 5.73 Å². The van der Waals surface area contributed by atoms with Crippen LogP contribution in [-0.4, -0.2) is 10.7 Å². The van der Waals surface area contributed by atoms with Gasteiger partial charge in [-0.2, -0.15) is 0 Å². The van der Waals surface area contributed by atoms with Crippen LogP contribution in [0.15, 0.2) is 65.7 Å². The predicted octanol–water partition coefficient (Wildman–Crippen LogP) is 4.17. The lowest BCUT2D eigenvalue weighted by Gasteiger charge is -2.12. The van der Waals surface area contributed by atoms with Gasteiger partial charge in [0, 0.05) is 28.3 Å². The molecule has 0 saturated carbocycles. The van der Waals surface area contributed by atoms with Crippen molar-refractivity contribution >= 4 is 22.7 Å². The average molecular weight is 298 g/mol. The highest BCUT2D eigenvalue weighted by Gasteiger charge is 2.09. The second kappa shape index (κ2) is 6.24. The van der Waals surface area contributed by atoms with Crippen LogP contribution in [0.1, 0.15) is 11.6 Å². The number of halogens is 1.